The molecule has 23 heavy (non-hydrogen) atoms. The van der Waals surface area contributed by atoms with E-state index in [2.05, 4.69) is 42.4 Å². The van der Waals surface area contributed by atoms with Gasteiger partial charge < -0.3 is 4.74 Å². The van der Waals surface area contributed by atoms with E-state index in [0.29, 0.717) is 10.2 Å². The lowest BCUT2D eigenvalue weighted by Crippen LogP contribution is -2.36. The predicted octanol–water partition coefficient (Wildman–Crippen LogP) is 1.59. The van der Waals surface area contributed by atoms with E-state index < -0.39 is 29.7 Å². The van der Waals surface area contributed by atoms with E-state index in [1.807, 2.05) is 0 Å². The minimum absolute atomic E-state index is 0.0639. The van der Waals surface area contributed by atoms with E-state index in [4.69, 9.17) is 4.74 Å². The Balaban J connectivity index is 1.95. The van der Waals surface area contributed by atoms with Crippen molar-refractivity contribution in [3.63, 3.8) is 0 Å². The van der Waals surface area contributed by atoms with Crippen molar-refractivity contribution in [2.24, 2.45) is 11.0 Å². The van der Waals surface area contributed by atoms with E-state index >= 15 is 0 Å². The molecule has 0 aromatic heterocycles. The molecule has 0 unspecified atom stereocenters. The number of hydrogen-bond donors (Lipinski definition) is 1. The molecule has 7 nitrogen and oxygen atoms in total. The number of fused-ring (bicyclic) bond motifs is 1. The molecule has 2 amide bonds. The fourth-order valence-electron chi connectivity index (χ4n) is 2.56. The molecule has 2 heterocycles. The first-order valence-corrected chi connectivity index (χ1v) is 8.37. The number of imide groups is 1. The Morgan fingerprint density at radius 2 is 2.09 bits per heavy atom. The molecule has 0 saturated carbocycles. The lowest BCUT2D eigenvalue weighted by atomic mass is 9.99. The molecular weight excluding hydrogens is 434 g/mol. The van der Waals surface area contributed by atoms with Gasteiger partial charge in [0.2, 0.25) is 5.91 Å². The van der Waals surface area contributed by atoms with E-state index in [9.17, 15) is 14.4 Å². The van der Waals surface area contributed by atoms with Crippen molar-refractivity contribution < 1.29 is 19.1 Å². The standard InChI is InChI=1S/C14H11Br2N3O4/c1-2-23-14(22)11-9-10(17-18-11)13(21)19(12(9)20)8-4-3-6(15)5-7(8)16/h3-5,9-10,17H,2H2,1H3/t9-,10+/m1/s1. The number of anilines is 1. The van der Waals surface area contributed by atoms with Gasteiger partial charge in [0.15, 0.2) is 5.71 Å². The van der Waals surface area contributed by atoms with Gasteiger partial charge in [-0.25, -0.2) is 9.69 Å². The summed E-state index contributed by atoms with van der Waals surface area (Å²) in [6.07, 6.45) is 0. The highest BCUT2D eigenvalue weighted by molar-refractivity contribution is 9.11. The quantitative estimate of drug-likeness (QED) is 0.565. The van der Waals surface area contributed by atoms with E-state index in [0.717, 1.165) is 9.37 Å². The molecule has 2 aliphatic heterocycles. The third-order valence-corrected chi connectivity index (χ3v) is 4.69. The maximum atomic E-state index is 12.7. The lowest BCUT2D eigenvalue weighted by Gasteiger charge is -2.17. The van der Waals surface area contributed by atoms with E-state index in [-0.39, 0.29) is 12.3 Å². The van der Waals surface area contributed by atoms with Crippen molar-refractivity contribution in [2.45, 2.75) is 13.0 Å². The number of benzene rings is 1. The van der Waals surface area contributed by atoms with Crippen LogP contribution in [0.1, 0.15) is 6.92 Å². The number of nitrogens with one attached hydrogen (secondary N) is 1. The molecule has 1 N–H and O–H groups in total. The summed E-state index contributed by atoms with van der Waals surface area (Å²) in [5, 5.41) is 3.81. The zero-order valence-electron chi connectivity index (χ0n) is 11.9. The van der Waals surface area contributed by atoms with E-state index in [1.54, 1.807) is 25.1 Å². The molecule has 1 saturated heterocycles. The number of carbonyl (C=O) groups excluding carboxylic acids is 3. The number of hydrogen-bond acceptors (Lipinski definition) is 6. The Labute approximate surface area is 148 Å². The summed E-state index contributed by atoms with van der Waals surface area (Å²) in [5.74, 6) is -2.60. The first-order valence-electron chi connectivity index (χ1n) is 6.78. The van der Waals surface area contributed by atoms with Crippen LogP contribution in [0.2, 0.25) is 0 Å². The molecule has 9 heteroatoms. The monoisotopic (exact) mass is 443 g/mol. The van der Waals surface area contributed by atoms with Crippen molar-refractivity contribution in [3.8, 4) is 0 Å². The van der Waals surface area contributed by atoms with Gasteiger partial charge in [0.25, 0.3) is 5.91 Å². The van der Waals surface area contributed by atoms with Gasteiger partial charge in [0.1, 0.15) is 12.0 Å². The molecule has 3 rings (SSSR count). The number of halogens is 2. The van der Waals surface area contributed by atoms with Gasteiger partial charge >= 0.3 is 5.97 Å². The third-order valence-electron chi connectivity index (χ3n) is 3.56. The number of amides is 2. The summed E-state index contributed by atoms with van der Waals surface area (Å²) in [7, 11) is 0. The maximum absolute atomic E-state index is 12.7. The minimum atomic E-state index is -0.961. The largest absolute Gasteiger partial charge is 0.461 e. The molecule has 1 aromatic rings. The first kappa shape index (κ1) is 16.1. The normalized spacial score (nSPS) is 22.7. The van der Waals surface area contributed by atoms with Crippen molar-refractivity contribution in [3.05, 3.63) is 27.1 Å². The highest BCUT2D eigenvalue weighted by atomic mass is 79.9. The lowest BCUT2D eigenvalue weighted by molar-refractivity contribution is -0.136. The molecule has 120 valence electrons. The second-order valence-corrected chi connectivity index (χ2v) is 6.68. The van der Waals surface area contributed by atoms with Crippen molar-refractivity contribution in [1.29, 1.82) is 0 Å². The Kier molecular flexibility index (Phi) is 4.24. The summed E-state index contributed by atoms with van der Waals surface area (Å²) in [4.78, 5) is 38.2. The number of carbonyl (C=O) groups is 3. The molecule has 0 bridgehead atoms. The summed E-state index contributed by atoms with van der Waals surface area (Å²) < 4.78 is 6.28. The van der Waals surface area contributed by atoms with Gasteiger partial charge in [-0.15, -0.1) is 0 Å². The van der Waals surface area contributed by atoms with Crippen LogP contribution in [0.4, 0.5) is 5.69 Å². The zero-order valence-corrected chi connectivity index (χ0v) is 15.0. The average Bonchev–Trinajstić information content (AvgIpc) is 3.02. The highest BCUT2D eigenvalue weighted by Gasteiger charge is 2.56. The smallest absolute Gasteiger partial charge is 0.355 e. The molecule has 2 atom stereocenters. The molecular formula is C14H11Br2N3O4. The van der Waals surface area contributed by atoms with Crippen molar-refractivity contribution in [2.75, 3.05) is 11.5 Å². The fourth-order valence-corrected chi connectivity index (χ4v) is 3.79. The van der Waals surface area contributed by atoms with Gasteiger partial charge in [0, 0.05) is 8.95 Å². The van der Waals surface area contributed by atoms with Gasteiger partial charge in [0.05, 0.1) is 12.3 Å². The second kappa shape index (κ2) is 6.04. The third kappa shape index (κ3) is 2.57. The van der Waals surface area contributed by atoms with Crippen LogP contribution in [0.15, 0.2) is 32.2 Å². The number of nitrogens with zero attached hydrogens (tertiary/aromatic N) is 2. The van der Waals surface area contributed by atoms with Crippen LogP contribution in [0.25, 0.3) is 0 Å². The van der Waals surface area contributed by atoms with Crippen LogP contribution in [0.5, 0.6) is 0 Å². The second-order valence-electron chi connectivity index (χ2n) is 4.91. The van der Waals surface area contributed by atoms with Gasteiger partial charge in [-0.1, -0.05) is 15.9 Å². The maximum Gasteiger partial charge on any atom is 0.355 e. The topological polar surface area (TPSA) is 88.1 Å². The van der Waals surface area contributed by atoms with Crippen molar-refractivity contribution >= 4 is 61.0 Å². The van der Waals surface area contributed by atoms with Crippen LogP contribution in [0, 0.1) is 5.92 Å². The Morgan fingerprint density at radius 1 is 1.35 bits per heavy atom. The number of hydrazone groups is 1. The number of rotatable bonds is 3. The molecule has 0 aliphatic carbocycles. The number of ether oxygens (including phenoxy) is 1. The SMILES string of the molecule is CCOC(=O)C1=NN[C@@H]2C(=O)N(c3ccc(Br)cc3Br)C(=O)[C@@H]12. The molecule has 1 fully saturated rings. The molecule has 0 radical (unpaired) electrons. The molecule has 0 spiro atoms. The van der Waals surface area contributed by atoms with Gasteiger partial charge in [-0.05, 0) is 41.1 Å². The molecule has 2 aliphatic rings. The summed E-state index contributed by atoms with van der Waals surface area (Å²) in [5.41, 5.74) is 2.92. The predicted molar refractivity (Wildman–Crippen MR) is 88.8 cm³/mol. The van der Waals surface area contributed by atoms with Crippen LogP contribution in [-0.2, 0) is 19.1 Å². The van der Waals surface area contributed by atoms with Gasteiger partial charge in [-0.2, -0.15) is 5.10 Å². The van der Waals surface area contributed by atoms with Crippen LogP contribution in [-0.4, -0.2) is 36.1 Å². The summed E-state index contributed by atoms with van der Waals surface area (Å²) in [6.45, 7) is 1.82. The summed E-state index contributed by atoms with van der Waals surface area (Å²) >= 11 is 6.66. The van der Waals surface area contributed by atoms with Crippen LogP contribution in [0.3, 0.4) is 0 Å². The van der Waals surface area contributed by atoms with E-state index in [1.165, 1.54) is 0 Å². The Morgan fingerprint density at radius 3 is 2.74 bits per heavy atom. The first-order chi connectivity index (χ1) is 11.0. The average molecular weight is 445 g/mol. The molecule has 1 aromatic carbocycles. The van der Waals surface area contributed by atoms with Crippen LogP contribution < -0.4 is 10.3 Å². The summed E-state index contributed by atoms with van der Waals surface area (Å²) in [6, 6.07) is 4.23. The minimum Gasteiger partial charge on any atom is -0.461 e. The number of esters is 1. The van der Waals surface area contributed by atoms with Crippen LogP contribution >= 0.6 is 31.9 Å². The zero-order chi connectivity index (χ0) is 16.7. The van der Waals surface area contributed by atoms with Gasteiger partial charge in [-0.3, -0.25) is 15.0 Å². The Bertz CT molecular complexity index is 750. The fraction of sp³-hybridized carbons (Fsp3) is 0.286. The highest BCUT2D eigenvalue weighted by Crippen LogP contribution is 2.36. The van der Waals surface area contributed by atoms with Crippen molar-refractivity contribution in [1.82, 2.24) is 5.43 Å². The Hall–Kier alpha value is -1.74.